The molecule has 2 amide bonds. The Morgan fingerprint density at radius 3 is 2.47 bits per heavy atom. The zero-order valence-corrected chi connectivity index (χ0v) is 22.5. The number of halogens is 1. The standard InChI is InChI=1S/C28H43FN2O5/c1-16-6-9-28-10-7-20(35-5)22(28)27(16,4)21(12-26(3,15-29)23(32)17(28)2)36-25(34)30-24(33)19-14-31-11-8-18(19)13-31/h16-22H,6-15H2,1-5H3,(H,30,33,34)/t16-,17+,18+,19+,20-,21-,22?,26+,27+,28?/m1/s1. The topological polar surface area (TPSA) is 84.9 Å². The third kappa shape index (κ3) is 3.68. The van der Waals surface area contributed by atoms with Crippen LogP contribution in [0.1, 0.15) is 66.2 Å². The van der Waals surface area contributed by atoms with E-state index in [0.29, 0.717) is 6.54 Å². The molecule has 7 nitrogen and oxygen atoms in total. The number of imide groups is 1. The maximum absolute atomic E-state index is 14.6. The predicted molar refractivity (Wildman–Crippen MR) is 132 cm³/mol. The highest BCUT2D eigenvalue weighted by molar-refractivity contribution is 5.93. The van der Waals surface area contributed by atoms with Crippen LogP contribution in [-0.4, -0.2) is 68.3 Å². The van der Waals surface area contributed by atoms with Crippen LogP contribution < -0.4 is 5.32 Å². The summed E-state index contributed by atoms with van der Waals surface area (Å²) in [6, 6.07) is 0. The van der Waals surface area contributed by atoms with E-state index in [2.05, 4.69) is 24.1 Å². The summed E-state index contributed by atoms with van der Waals surface area (Å²) in [6.45, 7) is 9.78. The van der Waals surface area contributed by atoms with Crippen LogP contribution in [0.4, 0.5) is 9.18 Å². The molecule has 5 aliphatic rings. The van der Waals surface area contributed by atoms with Crippen LogP contribution in [0, 0.1) is 45.8 Å². The molecule has 0 spiro atoms. The van der Waals surface area contributed by atoms with E-state index in [0.717, 1.165) is 45.2 Å². The molecule has 4 bridgehead atoms. The maximum Gasteiger partial charge on any atom is 0.414 e. The fourth-order valence-corrected chi connectivity index (χ4v) is 9.22. The number of carbonyl (C=O) groups is 3. The minimum atomic E-state index is -1.24. The highest BCUT2D eigenvalue weighted by Crippen LogP contribution is 2.68. The summed E-state index contributed by atoms with van der Waals surface area (Å²) in [5.41, 5.74) is -2.06. The van der Waals surface area contributed by atoms with Crippen LogP contribution in [0.3, 0.4) is 0 Å². The normalized spacial score (nSPS) is 49.8. The van der Waals surface area contributed by atoms with Gasteiger partial charge in [-0.1, -0.05) is 20.8 Å². The Morgan fingerprint density at radius 1 is 1.14 bits per heavy atom. The van der Waals surface area contributed by atoms with Crippen molar-refractivity contribution in [3.63, 3.8) is 0 Å². The number of hydrogen-bond acceptors (Lipinski definition) is 6. The highest BCUT2D eigenvalue weighted by Gasteiger charge is 2.68. The number of rotatable bonds is 4. The lowest BCUT2D eigenvalue weighted by molar-refractivity contribution is -0.192. The summed E-state index contributed by atoms with van der Waals surface area (Å²) in [5, 5.41) is 2.51. The molecule has 11 atom stereocenters. The third-order valence-corrected chi connectivity index (χ3v) is 11.6. The second-order valence-corrected chi connectivity index (χ2v) is 13.1. The Morgan fingerprint density at radius 2 is 1.86 bits per heavy atom. The number of carbonyl (C=O) groups excluding carboxylic acids is 3. The zero-order valence-electron chi connectivity index (χ0n) is 22.5. The van der Waals surface area contributed by atoms with E-state index in [1.54, 1.807) is 14.0 Å². The lowest BCUT2D eigenvalue weighted by Crippen LogP contribution is -2.63. The van der Waals surface area contributed by atoms with Gasteiger partial charge in [-0.25, -0.2) is 4.79 Å². The van der Waals surface area contributed by atoms with Gasteiger partial charge in [0.1, 0.15) is 18.6 Å². The van der Waals surface area contributed by atoms with Gasteiger partial charge in [0.2, 0.25) is 5.91 Å². The number of nitrogens with one attached hydrogen (secondary N) is 1. The van der Waals surface area contributed by atoms with E-state index in [1.165, 1.54) is 0 Å². The summed E-state index contributed by atoms with van der Waals surface area (Å²) in [7, 11) is 1.72. The largest absolute Gasteiger partial charge is 0.445 e. The number of alkyl halides is 1. The number of ether oxygens (including phenoxy) is 2. The summed E-state index contributed by atoms with van der Waals surface area (Å²) in [6.07, 6.45) is 3.04. The fourth-order valence-electron chi connectivity index (χ4n) is 9.22. The number of piperidine rings is 1. The number of nitrogens with zero attached hydrogens (tertiary/aromatic N) is 1. The van der Waals surface area contributed by atoms with Crippen molar-refractivity contribution < 1.29 is 28.2 Å². The van der Waals surface area contributed by atoms with Crippen molar-refractivity contribution in [1.29, 1.82) is 0 Å². The van der Waals surface area contributed by atoms with Crippen molar-refractivity contribution in [3.05, 3.63) is 0 Å². The summed E-state index contributed by atoms with van der Waals surface area (Å²) in [5.74, 6) is -0.389. The number of ketones is 1. The molecule has 5 fully saturated rings. The van der Waals surface area contributed by atoms with Crippen LogP contribution in [0.25, 0.3) is 0 Å². The maximum atomic E-state index is 14.6. The number of methoxy groups -OCH3 is 1. The average molecular weight is 507 g/mol. The van der Waals surface area contributed by atoms with Crippen LogP contribution in [0.2, 0.25) is 0 Å². The molecular formula is C28H43FN2O5. The lowest BCUT2D eigenvalue weighted by atomic mass is 9.44. The zero-order chi connectivity index (χ0) is 26.0. The molecule has 0 aromatic carbocycles. The van der Waals surface area contributed by atoms with E-state index in [-0.39, 0.29) is 59.2 Å². The fraction of sp³-hybridized carbons (Fsp3) is 0.893. The van der Waals surface area contributed by atoms with E-state index < -0.39 is 29.7 Å². The molecule has 0 aromatic heterocycles. The summed E-state index contributed by atoms with van der Waals surface area (Å²) < 4.78 is 26.7. The van der Waals surface area contributed by atoms with Crippen molar-refractivity contribution in [1.82, 2.24) is 10.2 Å². The molecule has 0 aromatic rings. The number of hydrogen-bond donors (Lipinski definition) is 1. The Kier molecular flexibility index (Phi) is 6.55. The molecule has 3 aliphatic carbocycles. The monoisotopic (exact) mass is 506 g/mol. The van der Waals surface area contributed by atoms with Gasteiger partial charge in [0, 0.05) is 37.5 Å². The summed E-state index contributed by atoms with van der Waals surface area (Å²) >= 11 is 0. The van der Waals surface area contributed by atoms with Gasteiger partial charge in [0.15, 0.2) is 0 Å². The molecule has 1 N–H and O–H groups in total. The predicted octanol–water partition coefficient (Wildman–Crippen LogP) is 3.99. The second kappa shape index (κ2) is 9.04. The van der Waals surface area contributed by atoms with E-state index >= 15 is 0 Å². The highest BCUT2D eigenvalue weighted by atomic mass is 19.1. The van der Waals surface area contributed by atoms with E-state index in [4.69, 9.17) is 9.47 Å². The van der Waals surface area contributed by atoms with Crippen LogP contribution in [0.15, 0.2) is 0 Å². The van der Waals surface area contributed by atoms with Gasteiger partial charge >= 0.3 is 6.09 Å². The smallest absolute Gasteiger partial charge is 0.414 e. The van der Waals surface area contributed by atoms with Gasteiger partial charge in [-0.3, -0.25) is 19.3 Å². The van der Waals surface area contributed by atoms with Gasteiger partial charge in [-0.15, -0.1) is 0 Å². The molecular weight excluding hydrogens is 463 g/mol. The quantitative estimate of drug-likeness (QED) is 0.621. The second-order valence-electron chi connectivity index (χ2n) is 13.1. The SMILES string of the molecule is CO[C@@H]1CCC23CC[C@@H](C)[C@](C)(C12)[C@H](OC(=O)NC(=O)[C@H]1CN2CC[C@H]1C2)C[C@@](C)(CF)C(=O)[C@@H]3C. The first-order valence-electron chi connectivity index (χ1n) is 13.9. The van der Waals surface area contributed by atoms with E-state index in [1.807, 2.05) is 6.92 Å². The Balaban J connectivity index is 1.47. The van der Waals surface area contributed by atoms with Gasteiger partial charge in [-0.2, -0.15) is 0 Å². The van der Waals surface area contributed by atoms with Gasteiger partial charge in [-0.05, 0) is 69.2 Å². The Labute approximate surface area is 214 Å². The molecule has 3 saturated carbocycles. The van der Waals surface area contributed by atoms with Crippen LogP contribution in [-0.2, 0) is 19.1 Å². The third-order valence-electron chi connectivity index (χ3n) is 11.6. The van der Waals surface area contributed by atoms with Gasteiger partial charge in [0.05, 0.1) is 17.4 Å². The van der Waals surface area contributed by atoms with Crippen LogP contribution >= 0.6 is 0 Å². The van der Waals surface area contributed by atoms with Crippen molar-refractivity contribution in [2.75, 3.05) is 33.4 Å². The number of alkyl carbamates (subject to hydrolysis) is 1. The molecule has 2 saturated heterocycles. The van der Waals surface area contributed by atoms with Gasteiger partial charge < -0.3 is 14.4 Å². The molecule has 5 rings (SSSR count). The van der Waals surface area contributed by atoms with Crippen molar-refractivity contribution in [3.8, 4) is 0 Å². The summed E-state index contributed by atoms with van der Waals surface area (Å²) in [4.78, 5) is 42.2. The number of fused-ring (bicyclic) bond motifs is 2. The molecule has 3 unspecified atom stereocenters. The Bertz CT molecular complexity index is 930. The molecule has 2 aliphatic heterocycles. The minimum Gasteiger partial charge on any atom is -0.445 e. The minimum absolute atomic E-state index is 0.00808. The number of amides is 2. The molecule has 202 valence electrons. The molecule has 8 heteroatoms. The van der Waals surface area contributed by atoms with Crippen LogP contribution in [0.5, 0.6) is 0 Å². The molecule has 2 heterocycles. The molecule has 0 radical (unpaired) electrons. The van der Waals surface area contributed by atoms with Crippen molar-refractivity contribution in [2.45, 2.75) is 78.4 Å². The van der Waals surface area contributed by atoms with Gasteiger partial charge in [0.25, 0.3) is 0 Å². The number of Topliss-reactive ketones (excluding diaryl/α,β-unsaturated/α-hetero) is 1. The average Bonchev–Trinajstić information content (AvgIpc) is 3.59. The first-order chi connectivity index (χ1) is 17.0. The van der Waals surface area contributed by atoms with E-state index in [9.17, 15) is 18.8 Å². The Hall–Kier alpha value is -1.54. The lowest BCUT2D eigenvalue weighted by Gasteiger charge is -2.61. The van der Waals surface area contributed by atoms with Crippen molar-refractivity contribution in [2.24, 2.45) is 45.8 Å². The molecule has 36 heavy (non-hydrogen) atoms. The first-order valence-corrected chi connectivity index (χ1v) is 13.9. The van der Waals surface area contributed by atoms with Crippen molar-refractivity contribution >= 4 is 17.8 Å². The first kappa shape index (κ1) is 26.1.